The van der Waals surface area contributed by atoms with E-state index in [1.54, 1.807) is 6.33 Å². The zero-order chi connectivity index (χ0) is 21.9. The number of piperidine rings is 1. The Bertz CT molecular complexity index is 1080. The first-order valence-corrected chi connectivity index (χ1v) is 11.2. The Morgan fingerprint density at radius 1 is 1.16 bits per heavy atom. The van der Waals surface area contributed by atoms with Crippen LogP contribution in [-0.4, -0.2) is 78.4 Å². The highest BCUT2D eigenvalue weighted by Crippen LogP contribution is 2.29. The molecular weight excluding hydrogens is 406 g/mol. The van der Waals surface area contributed by atoms with Crippen LogP contribution < -0.4 is 15.5 Å². The summed E-state index contributed by atoms with van der Waals surface area (Å²) in [5.74, 6) is 0.934. The number of likely N-dealkylation sites (tertiary alicyclic amines) is 1. The molecule has 168 valence electrons. The molecule has 1 aromatic carbocycles. The minimum Gasteiger partial charge on any atom is -0.378 e. The summed E-state index contributed by atoms with van der Waals surface area (Å²) >= 11 is 0. The van der Waals surface area contributed by atoms with Gasteiger partial charge in [0.1, 0.15) is 17.8 Å². The molecule has 3 aromatic rings. The molecule has 9 heteroatoms. The molecule has 2 fully saturated rings. The van der Waals surface area contributed by atoms with Gasteiger partial charge in [0.15, 0.2) is 0 Å². The molecule has 32 heavy (non-hydrogen) atoms. The van der Waals surface area contributed by atoms with Gasteiger partial charge in [-0.05, 0) is 50.2 Å². The number of nitrogens with one attached hydrogen (secondary N) is 3. The number of hydrogen-bond donors (Lipinski definition) is 3. The second-order valence-electron chi connectivity index (χ2n) is 8.52. The number of morpholine rings is 1. The Hall–Kier alpha value is -3.17. The maximum Gasteiger partial charge on any atom is 0.319 e. The van der Waals surface area contributed by atoms with Crippen molar-refractivity contribution in [2.75, 3.05) is 56.7 Å². The van der Waals surface area contributed by atoms with Gasteiger partial charge in [-0.1, -0.05) is 12.1 Å². The number of carbonyl (C=O) groups is 1. The lowest BCUT2D eigenvalue weighted by atomic mass is 10.1. The fourth-order valence-corrected chi connectivity index (χ4v) is 4.48. The number of rotatable bonds is 4. The van der Waals surface area contributed by atoms with Crippen molar-refractivity contribution in [1.29, 1.82) is 0 Å². The van der Waals surface area contributed by atoms with Crippen molar-refractivity contribution in [3.63, 3.8) is 0 Å². The summed E-state index contributed by atoms with van der Waals surface area (Å²) in [6.45, 7) is 5.06. The van der Waals surface area contributed by atoms with E-state index in [1.807, 2.05) is 24.3 Å². The predicted octanol–water partition coefficient (Wildman–Crippen LogP) is 2.68. The first kappa shape index (κ1) is 20.7. The van der Waals surface area contributed by atoms with Gasteiger partial charge >= 0.3 is 6.03 Å². The number of hydrogen-bond acceptors (Lipinski definition) is 6. The van der Waals surface area contributed by atoms with Crippen LogP contribution in [0.4, 0.5) is 16.3 Å². The van der Waals surface area contributed by atoms with Crippen LogP contribution in [0.1, 0.15) is 12.8 Å². The molecule has 0 aliphatic carbocycles. The number of benzene rings is 1. The van der Waals surface area contributed by atoms with Crippen molar-refractivity contribution in [1.82, 2.24) is 25.2 Å². The number of urea groups is 1. The molecule has 2 aromatic heterocycles. The van der Waals surface area contributed by atoms with Crippen LogP contribution in [-0.2, 0) is 4.74 Å². The standard InChI is InChI=1S/C23H29N7O2/c1-29-8-2-3-18(14-29)27-23(31)26-17-6-4-16(5-7-17)20-13-19-21(28-20)24-15-25-22(19)30-9-11-32-12-10-30/h4-7,13,15,18H,2-3,8-12,14H2,1H3,(H,24,25,28)(H2,26,27,31)/t18-/m0/s1. The fourth-order valence-electron chi connectivity index (χ4n) is 4.48. The van der Waals surface area contributed by atoms with Crippen molar-refractivity contribution in [2.45, 2.75) is 18.9 Å². The van der Waals surface area contributed by atoms with E-state index < -0.39 is 0 Å². The molecule has 0 unspecified atom stereocenters. The summed E-state index contributed by atoms with van der Waals surface area (Å²) in [5.41, 5.74) is 3.57. The Kier molecular flexibility index (Phi) is 5.91. The van der Waals surface area contributed by atoms with E-state index in [2.05, 4.69) is 48.5 Å². The lowest BCUT2D eigenvalue weighted by molar-refractivity contribution is 0.122. The third-order valence-electron chi connectivity index (χ3n) is 6.13. The number of H-pyrrole nitrogens is 1. The van der Waals surface area contributed by atoms with Crippen LogP contribution in [0.3, 0.4) is 0 Å². The van der Waals surface area contributed by atoms with Crippen molar-refractivity contribution >= 4 is 28.6 Å². The molecule has 1 atom stereocenters. The Labute approximate surface area is 187 Å². The molecule has 2 aliphatic heterocycles. The quantitative estimate of drug-likeness (QED) is 0.583. The van der Waals surface area contributed by atoms with Crippen LogP contribution in [0.25, 0.3) is 22.3 Å². The maximum atomic E-state index is 12.4. The average Bonchev–Trinajstić information content (AvgIpc) is 3.24. The summed E-state index contributed by atoms with van der Waals surface area (Å²) in [4.78, 5) is 29.2. The number of fused-ring (bicyclic) bond motifs is 1. The van der Waals surface area contributed by atoms with Gasteiger partial charge in [-0.2, -0.15) is 0 Å². The largest absolute Gasteiger partial charge is 0.378 e. The van der Waals surface area contributed by atoms with E-state index in [4.69, 9.17) is 4.74 Å². The van der Waals surface area contributed by atoms with Gasteiger partial charge in [-0.3, -0.25) is 0 Å². The SMILES string of the molecule is CN1CCC[C@H](NC(=O)Nc2ccc(-c3cc4c(N5CCOCC5)ncnc4[nH]3)cc2)C1. The topological polar surface area (TPSA) is 98.4 Å². The zero-order valence-electron chi connectivity index (χ0n) is 18.3. The van der Waals surface area contributed by atoms with E-state index in [-0.39, 0.29) is 12.1 Å². The van der Waals surface area contributed by atoms with Crippen molar-refractivity contribution < 1.29 is 9.53 Å². The molecule has 3 N–H and O–H groups in total. The number of likely N-dealkylation sites (N-methyl/N-ethyl adjacent to an activating group) is 1. The summed E-state index contributed by atoms with van der Waals surface area (Å²) < 4.78 is 5.46. The van der Waals surface area contributed by atoms with E-state index in [0.29, 0.717) is 13.2 Å². The summed E-state index contributed by atoms with van der Waals surface area (Å²) in [7, 11) is 2.09. The molecule has 4 heterocycles. The molecule has 5 rings (SSSR count). The van der Waals surface area contributed by atoms with Crippen LogP contribution in [0.2, 0.25) is 0 Å². The van der Waals surface area contributed by atoms with Crippen LogP contribution in [0.15, 0.2) is 36.7 Å². The summed E-state index contributed by atoms with van der Waals surface area (Å²) in [6, 6.07) is 9.96. The third-order valence-corrected chi connectivity index (χ3v) is 6.13. The fraction of sp³-hybridized carbons (Fsp3) is 0.435. The van der Waals surface area contributed by atoms with Gasteiger partial charge in [0.25, 0.3) is 0 Å². The Morgan fingerprint density at radius 3 is 2.75 bits per heavy atom. The number of ether oxygens (including phenoxy) is 1. The smallest absolute Gasteiger partial charge is 0.319 e. The van der Waals surface area contributed by atoms with E-state index >= 15 is 0 Å². The van der Waals surface area contributed by atoms with Crippen LogP contribution >= 0.6 is 0 Å². The highest BCUT2D eigenvalue weighted by atomic mass is 16.5. The highest BCUT2D eigenvalue weighted by Gasteiger charge is 2.19. The number of carbonyl (C=O) groups excluding carboxylic acids is 1. The maximum absolute atomic E-state index is 12.4. The minimum absolute atomic E-state index is 0.158. The minimum atomic E-state index is -0.158. The lowest BCUT2D eigenvalue weighted by Gasteiger charge is -2.30. The van der Waals surface area contributed by atoms with Crippen molar-refractivity contribution in [2.24, 2.45) is 0 Å². The number of aromatic nitrogens is 3. The average molecular weight is 436 g/mol. The van der Waals surface area contributed by atoms with Gasteiger partial charge in [-0.25, -0.2) is 14.8 Å². The second-order valence-corrected chi connectivity index (χ2v) is 8.52. The predicted molar refractivity (Wildman–Crippen MR) is 125 cm³/mol. The number of anilines is 2. The normalized spacial score (nSPS) is 19.8. The Morgan fingerprint density at radius 2 is 1.97 bits per heavy atom. The lowest BCUT2D eigenvalue weighted by Crippen LogP contribution is -2.47. The highest BCUT2D eigenvalue weighted by molar-refractivity contribution is 5.93. The molecule has 0 saturated carbocycles. The van der Waals surface area contributed by atoms with Crippen LogP contribution in [0, 0.1) is 0 Å². The van der Waals surface area contributed by atoms with Gasteiger partial charge in [0.2, 0.25) is 0 Å². The third kappa shape index (κ3) is 4.53. The molecule has 0 radical (unpaired) electrons. The number of amides is 2. The zero-order valence-corrected chi connectivity index (χ0v) is 18.3. The summed E-state index contributed by atoms with van der Waals surface area (Å²) in [6.07, 6.45) is 3.73. The first-order chi connectivity index (χ1) is 15.7. The monoisotopic (exact) mass is 435 g/mol. The first-order valence-electron chi connectivity index (χ1n) is 11.2. The summed E-state index contributed by atoms with van der Waals surface area (Å²) in [5, 5.41) is 7.02. The molecule has 0 spiro atoms. The molecule has 9 nitrogen and oxygen atoms in total. The van der Waals surface area contributed by atoms with Gasteiger partial charge in [0.05, 0.1) is 18.6 Å². The van der Waals surface area contributed by atoms with E-state index in [9.17, 15) is 4.79 Å². The van der Waals surface area contributed by atoms with Crippen LogP contribution in [0.5, 0.6) is 0 Å². The van der Waals surface area contributed by atoms with Gasteiger partial charge < -0.3 is 30.2 Å². The molecule has 2 aliphatic rings. The van der Waals surface area contributed by atoms with Gasteiger partial charge in [-0.15, -0.1) is 0 Å². The second kappa shape index (κ2) is 9.13. The van der Waals surface area contributed by atoms with Crippen molar-refractivity contribution in [3.8, 4) is 11.3 Å². The number of nitrogens with zero attached hydrogens (tertiary/aromatic N) is 4. The Balaban J connectivity index is 1.28. The van der Waals surface area contributed by atoms with E-state index in [1.165, 1.54) is 0 Å². The molecule has 2 saturated heterocycles. The van der Waals surface area contributed by atoms with Gasteiger partial charge in [0, 0.05) is 37.1 Å². The molecule has 2 amide bonds. The molecular formula is C23H29N7O2. The molecule has 0 bridgehead atoms. The number of aromatic amines is 1. The van der Waals surface area contributed by atoms with Crippen molar-refractivity contribution in [3.05, 3.63) is 36.7 Å². The van der Waals surface area contributed by atoms with E-state index in [0.717, 1.165) is 72.8 Å².